The third kappa shape index (κ3) is 6.37. The molecule has 2 aliphatic rings. The zero-order valence-electron chi connectivity index (χ0n) is 19.0. The zero-order valence-corrected chi connectivity index (χ0v) is 19.0. The highest BCUT2D eigenvalue weighted by molar-refractivity contribution is 5.75. The number of carbonyl (C=O) groups is 1. The van der Waals surface area contributed by atoms with Crippen LogP contribution in [0.4, 0.5) is 29.2 Å². The van der Waals surface area contributed by atoms with Crippen LogP contribution in [0.15, 0.2) is 30.6 Å². The molecule has 8 nitrogen and oxygen atoms in total. The number of aromatic nitrogens is 2. The van der Waals surface area contributed by atoms with Gasteiger partial charge in [-0.25, -0.2) is 9.97 Å². The average Bonchev–Trinajstić information content (AvgIpc) is 3.63. The molecule has 2 heterocycles. The third-order valence-electron chi connectivity index (χ3n) is 6.38. The van der Waals surface area contributed by atoms with Crippen molar-refractivity contribution in [3.05, 3.63) is 47.5 Å². The number of nitrogens with two attached hydrogens (primary N) is 1. The lowest BCUT2D eigenvalue weighted by Gasteiger charge is -2.35. The SMILES string of the molecule is NC(=O)CN1CC[C@@H](CNc2ncnc(N(Cc3ccc(C(F)(F)F)cc3)C3CC3)c2F)[C@H](O)C1. The van der Waals surface area contributed by atoms with E-state index in [1.807, 2.05) is 0 Å². The van der Waals surface area contributed by atoms with Crippen LogP contribution in [0.2, 0.25) is 0 Å². The number of aliphatic hydroxyl groups excluding tert-OH is 1. The van der Waals surface area contributed by atoms with Crippen molar-refractivity contribution in [1.29, 1.82) is 0 Å². The number of primary amides is 1. The van der Waals surface area contributed by atoms with Gasteiger partial charge < -0.3 is 21.1 Å². The second-order valence-corrected chi connectivity index (χ2v) is 9.11. The number of aliphatic hydroxyl groups is 1. The first-order valence-corrected chi connectivity index (χ1v) is 11.5. The van der Waals surface area contributed by atoms with Crippen LogP contribution in [0.3, 0.4) is 0 Å². The van der Waals surface area contributed by atoms with E-state index >= 15 is 4.39 Å². The number of anilines is 2. The number of hydrogen-bond acceptors (Lipinski definition) is 7. The van der Waals surface area contributed by atoms with Gasteiger partial charge in [0.25, 0.3) is 0 Å². The second-order valence-electron chi connectivity index (χ2n) is 9.11. The molecule has 1 amide bonds. The molecule has 2 fully saturated rings. The fourth-order valence-corrected chi connectivity index (χ4v) is 4.32. The zero-order chi connectivity index (χ0) is 25.2. The highest BCUT2D eigenvalue weighted by Gasteiger charge is 2.34. The summed E-state index contributed by atoms with van der Waals surface area (Å²) in [6.07, 6.45) is -1.60. The fourth-order valence-electron chi connectivity index (χ4n) is 4.32. The number of carbonyl (C=O) groups excluding carboxylic acids is 1. The first-order valence-electron chi connectivity index (χ1n) is 11.5. The minimum absolute atomic E-state index is 0.000153. The Morgan fingerprint density at radius 3 is 2.51 bits per heavy atom. The molecule has 1 aliphatic heterocycles. The molecule has 1 aliphatic carbocycles. The van der Waals surface area contributed by atoms with Gasteiger partial charge in [-0.15, -0.1) is 0 Å². The topological polar surface area (TPSA) is 108 Å². The molecule has 35 heavy (non-hydrogen) atoms. The van der Waals surface area contributed by atoms with Gasteiger partial charge in [-0.05, 0) is 43.5 Å². The molecule has 1 aromatic heterocycles. The smallest absolute Gasteiger partial charge is 0.391 e. The number of nitrogens with zero attached hydrogens (tertiary/aromatic N) is 4. The molecule has 1 saturated heterocycles. The number of piperidine rings is 1. The number of hydrogen-bond donors (Lipinski definition) is 3. The monoisotopic (exact) mass is 496 g/mol. The molecule has 0 unspecified atom stereocenters. The summed E-state index contributed by atoms with van der Waals surface area (Å²) in [5.41, 5.74) is 5.09. The van der Waals surface area contributed by atoms with Crippen LogP contribution in [0.1, 0.15) is 30.4 Å². The van der Waals surface area contributed by atoms with E-state index in [9.17, 15) is 23.1 Å². The number of β-amino-alcohol motifs (C(OH)–C–C–N with tert-alkyl or cyclic N) is 1. The van der Waals surface area contributed by atoms with Crippen molar-refractivity contribution in [1.82, 2.24) is 14.9 Å². The predicted molar refractivity (Wildman–Crippen MR) is 121 cm³/mol. The Morgan fingerprint density at radius 2 is 1.91 bits per heavy atom. The van der Waals surface area contributed by atoms with Gasteiger partial charge in [-0.1, -0.05) is 12.1 Å². The van der Waals surface area contributed by atoms with E-state index < -0.39 is 29.6 Å². The van der Waals surface area contributed by atoms with Crippen molar-refractivity contribution in [2.45, 2.75) is 44.1 Å². The minimum Gasteiger partial charge on any atom is -0.391 e. The Morgan fingerprint density at radius 1 is 1.20 bits per heavy atom. The Kier molecular flexibility index (Phi) is 7.41. The molecular formula is C23H28F4N6O2. The Balaban J connectivity index is 1.42. The molecule has 0 spiro atoms. The maximum Gasteiger partial charge on any atom is 0.416 e. The van der Waals surface area contributed by atoms with Crippen molar-refractivity contribution in [2.24, 2.45) is 11.7 Å². The van der Waals surface area contributed by atoms with E-state index in [0.29, 0.717) is 25.1 Å². The molecule has 4 rings (SSSR count). The summed E-state index contributed by atoms with van der Waals surface area (Å²) >= 11 is 0. The number of rotatable bonds is 9. The summed E-state index contributed by atoms with van der Waals surface area (Å²) in [7, 11) is 0. The molecule has 4 N–H and O–H groups in total. The summed E-state index contributed by atoms with van der Waals surface area (Å²) in [6, 6.07) is 4.87. The van der Waals surface area contributed by atoms with Crippen LogP contribution in [0.25, 0.3) is 0 Å². The van der Waals surface area contributed by atoms with E-state index in [4.69, 9.17) is 5.73 Å². The van der Waals surface area contributed by atoms with Crippen LogP contribution in [-0.4, -0.2) is 64.2 Å². The number of likely N-dealkylation sites (tertiary alicyclic amines) is 1. The van der Waals surface area contributed by atoms with Crippen LogP contribution < -0.4 is 16.0 Å². The number of amides is 1. The number of alkyl halides is 3. The summed E-state index contributed by atoms with van der Waals surface area (Å²) in [4.78, 5) is 22.8. The lowest BCUT2D eigenvalue weighted by molar-refractivity contribution is -0.137. The Bertz CT molecular complexity index is 1030. The largest absolute Gasteiger partial charge is 0.416 e. The molecule has 1 aromatic carbocycles. The van der Waals surface area contributed by atoms with Crippen molar-refractivity contribution < 1.29 is 27.5 Å². The van der Waals surface area contributed by atoms with Crippen molar-refractivity contribution >= 4 is 17.5 Å². The van der Waals surface area contributed by atoms with E-state index in [-0.39, 0.29) is 43.2 Å². The molecule has 2 atom stereocenters. The van der Waals surface area contributed by atoms with E-state index in [0.717, 1.165) is 25.0 Å². The molecule has 190 valence electrons. The van der Waals surface area contributed by atoms with Gasteiger partial charge in [0.1, 0.15) is 6.33 Å². The molecule has 0 radical (unpaired) electrons. The fraction of sp³-hybridized carbons (Fsp3) is 0.522. The van der Waals surface area contributed by atoms with Crippen molar-refractivity contribution in [3.63, 3.8) is 0 Å². The normalized spacial score (nSPS) is 21.1. The van der Waals surface area contributed by atoms with Crippen molar-refractivity contribution in [2.75, 3.05) is 36.4 Å². The van der Waals surface area contributed by atoms with Crippen LogP contribution in [-0.2, 0) is 17.5 Å². The van der Waals surface area contributed by atoms with Gasteiger partial charge in [0.2, 0.25) is 11.7 Å². The van der Waals surface area contributed by atoms with Crippen LogP contribution in [0, 0.1) is 11.7 Å². The molecule has 1 saturated carbocycles. The summed E-state index contributed by atoms with van der Waals surface area (Å²) in [6.45, 7) is 1.47. The number of benzene rings is 1. The maximum absolute atomic E-state index is 15.4. The van der Waals surface area contributed by atoms with Gasteiger partial charge in [0.05, 0.1) is 18.2 Å². The first kappa shape index (κ1) is 25.1. The standard InChI is InChI=1S/C23H28F4N6O2/c24-20-21(29-9-15-7-8-32(11-18(15)34)12-19(28)35)30-13-31-22(20)33(17-5-6-17)10-14-1-3-16(4-2-14)23(25,26)27/h1-4,13,15,17-18,34H,5-12H2,(H2,28,35)(H,29,30,31)/t15-,18+/m0/s1. The molecule has 12 heteroatoms. The van der Waals surface area contributed by atoms with Crippen LogP contribution in [0.5, 0.6) is 0 Å². The lowest BCUT2D eigenvalue weighted by Crippen LogP contribution is -2.48. The summed E-state index contributed by atoms with van der Waals surface area (Å²) < 4.78 is 54.0. The molecule has 0 bridgehead atoms. The minimum atomic E-state index is -4.42. The van der Waals surface area contributed by atoms with E-state index in [1.165, 1.54) is 18.5 Å². The van der Waals surface area contributed by atoms with Gasteiger partial charge in [-0.3, -0.25) is 9.69 Å². The second kappa shape index (κ2) is 10.3. The average molecular weight is 497 g/mol. The lowest BCUT2D eigenvalue weighted by atomic mass is 9.93. The van der Waals surface area contributed by atoms with Crippen LogP contribution >= 0.6 is 0 Å². The Hall–Kier alpha value is -2.99. The molecular weight excluding hydrogens is 468 g/mol. The molecule has 2 aromatic rings. The van der Waals surface area contributed by atoms with E-state index in [1.54, 1.807) is 9.80 Å². The number of nitrogens with one attached hydrogen (secondary N) is 1. The van der Waals surface area contributed by atoms with Gasteiger partial charge in [0, 0.05) is 31.6 Å². The quantitative estimate of drug-likeness (QED) is 0.458. The van der Waals surface area contributed by atoms with Gasteiger partial charge in [-0.2, -0.15) is 17.6 Å². The van der Waals surface area contributed by atoms with Gasteiger partial charge >= 0.3 is 6.18 Å². The summed E-state index contributed by atoms with van der Waals surface area (Å²) in [5, 5.41) is 13.4. The first-order chi connectivity index (χ1) is 16.6. The Labute approximate surface area is 200 Å². The van der Waals surface area contributed by atoms with E-state index in [2.05, 4.69) is 15.3 Å². The third-order valence-corrected chi connectivity index (χ3v) is 6.38. The van der Waals surface area contributed by atoms with Gasteiger partial charge in [0.15, 0.2) is 11.6 Å². The predicted octanol–water partition coefficient (Wildman–Crippen LogP) is 2.38. The maximum atomic E-state index is 15.4. The van der Waals surface area contributed by atoms with Crippen molar-refractivity contribution in [3.8, 4) is 0 Å². The number of halogens is 4. The summed E-state index contributed by atoms with van der Waals surface area (Å²) in [5.74, 6) is -1.18. The highest BCUT2D eigenvalue weighted by Crippen LogP contribution is 2.35. The highest BCUT2D eigenvalue weighted by atomic mass is 19.4.